The van der Waals surface area contributed by atoms with Gasteiger partial charge >= 0.3 is 0 Å². The summed E-state index contributed by atoms with van der Waals surface area (Å²) in [6.07, 6.45) is 1.70. The molecule has 0 atom stereocenters. The maximum atomic E-state index is 11.9. The van der Waals surface area contributed by atoms with Crippen LogP contribution in [-0.2, 0) is 0 Å². The summed E-state index contributed by atoms with van der Waals surface area (Å²) in [5.74, 6) is -0.212. The Balaban J connectivity index is 2.63. The van der Waals surface area contributed by atoms with Crippen molar-refractivity contribution < 1.29 is 4.79 Å². The highest BCUT2D eigenvalue weighted by molar-refractivity contribution is 7.80. The van der Waals surface area contributed by atoms with E-state index < -0.39 is 0 Å². The van der Waals surface area contributed by atoms with Gasteiger partial charge in [-0.1, -0.05) is 32.0 Å². The Morgan fingerprint density at radius 2 is 1.84 bits per heavy atom. The minimum Gasteiger partial charge on any atom is -0.356 e. The zero-order valence-electron chi connectivity index (χ0n) is 11.4. The van der Waals surface area contributed by atoms with Crippen LogP contribution < -0.4 is 16.4 Å². The third kappa shape index (κ3) is 4.29. The number of nitrogens with one attached hydrogen (secondary N) is 2. The molecular formula is C14H21N3OS. The van der Waals surface area contributed by atoms with Gasteiger partial charge in [0.1, 0.15) is 0 Å². The van der Waals surface area contributed by atoms with Gasteiger partial charge in [0.15, 0.2) is 5.11 Å². The lowest BCUT2D eigenvalue weighted by atomic mass is 9.93. The molecule has 1 aromatic carbocycles. The molecule has 1 aromatic rings. The van der Waals surface area contributed by atoms with Gasteiger partial charge in [0.2, 0.25) is 0 Å². The van der Waals surface area contributed by atoms with E-state index in [0.717, 1.165) is 12.8 Å². The van der Waals surface area contributed by atoms with Crippen molar-refractivity contribution >= 4 is 23.2 Å². The number of thiocarbonyl (C=S) groups is 1. The van der Waals surface area contributed by atoms with E-state index in [1.165, 1.54) is 0 Å². The summed E-state index contributed by atoms with van der Waals surface area (Å²) < 4.78 is 0. The lowest BCUT2D eigenvalue weighted by Gasteiger charge is -2.32. The third-order valence-corrected chi connectivity index (χ3v) is 3.59. The van der Waals surface area contributed by atoms with Crippen LogP contribution in [0.1, 0.15) is 37.0 Å². The topological polar surface area (TPSA) is 67.2 Å². The van der Waals surface area contributed by atoms with Gasteiger partial charge in [0.25, 0.3) is 5.91 Å². The first kappa shape index (κ1) is 15.6. The molecule has 1 amide bonds. The van der Waals surface area contributed by atoms with Crippen LogP contribution in [0.5, 0.6) is 0 Å². The van der Waals surface area contributed by atoms with Gasteiger partial charge in [-0.25, -0.2) is 0 Å². The second-order valence-corrected chi connectivity index (χ2v) is 4.87. The molecule has 0 unspecified atom stereocenters. The Morgan fingerprint density at radius 1 is 1.26 bits per heavy atom. The fraction of sp³-hybridized carbons (Fsp3) is 0.429. The smallest absolute Gasteiger partial charge is 0.257 e. The molecule has 0 aliphatic rings. The second-order valence-electron chi connectivity index (χ2n) is 4.47. The number of benzene rings is 1. The molecule has 0 radical (unpaired) electrons. The van der Waals surface area contributed by atoms with E-state index in [2.05, 4.69) is 10.6 Å². The van der Waals surface area contributed by atoms with Crippen LogP contribution in [0.25, 0.3) is 0 Å². The quantitative estimate of drug-likeness (QED) is 0.719. The highest BCUT2D eigenvalue weighted by atomic mass is 32.1. The van der Waals surface area contributed by atoms with Gasteiger partial charge in [0.05, 0.1) is 5.54 Å². The van der Waals surface area contributed by atoms with Crippen molar-refractivity contribution in [2.45, 2.75) is 32.2 Å². The van der Waals surface area contributed by atoms with Gasteiger partial charge in [-0.3, -0.25) is 10.1 Å². The van der Waals surface area contributed by atoms with E-state index in [1.807, 2.05) is 32.0 Å². The average molecular weight is 279 g/mol. The Bertz CT molecular complexity index is 421. The highest BCUT2D eigenvalue weighted by Crippen LogP contribution is 2.12. The molecule has 0 fully saturated rings. The van der Waals surface area contributed by atoms with Crippen LogP contribution in [-0.4, -0.2) is 23.1 Å². The van der Waals surface area contributed by atoms with Crippen LogP contribution >= 0.6 is 12.2 Å². The predicted molar refractivity (Wildman–Crippen MR) is 82.0 cm³/mol. The van der Waals surface area contributed by atoms with Crippen molar-refractivity contribution in [1.29, 1.82) is 0 Å². The molecule has 104 valence electrons. The first-order valence-electron chi connectivity index (χ1n) is 6.45. The van der Waals surface area contributed by atoms with E-state index in [0.29, 0.717) is 17.2 Å². The number of carbonyl (C=O) groups is 1. The Morgan fingerprint density at radius 3 is 2.32 bits per heavy atom. The highest BCUT2D eigenvalue weighted by Gasteiger charge is 2.25. The summed E-state index contributed by atoms with van der Waals surface area (Å²) in [4.78, 5) is 11.9. The monoisotopic (exact) mass is 279 g/mol. The normalized spacial score (nSPS) is 10.9. The largest absolute Gasteiger partial charge is 0.356 e. The minimum absolute atomic E-state index is 0.212. The van der Waals surface area contributed by atoms with Crippen LogP contribution in [0.4, 0.5) is 0 Å². The molecule has 0 bridgehead atoms. The Hall–Kier alpha value is -1.46. The van der Waals surface area contributed by atoms with E-state index >= 15 is 0 Å². The maximum absolute atomic E-state index is 11.9. The molecule has 5 heteroatoms. The molecule has 0 saturated heterocycles. The number of hydrogen-bond donors (Lipinski definition) is 3. The van der Waals surface area contributed by atoms with Gasteiger partial charge < -0.3 is 11.1 Å². The molecule has 4 nitrogen and oxygen atoms in total. The van der Waals surface area contributed by atoms with Crippen LogP contribution in [0.2, 0.25) is 0 Å². The zero-order chi connectivity index (χ0) is 14.3. The molecule has 0 heterocycles. The van der Waals surface area contributed by atoms with E-state index in [4.69, 9.17) is 18.0 Å². The van der Waals surface area contributed by atoms with Crippen LogP contribution in [0, 0.1) is 0 Å². The molecule has 1 rings (SSSR count). The van der Waals surface area contributed by atoms with Gasteiger partial charge in [-0.15, -0.1) is 0 Å². The first-order chi connectivity index (χ1) is 9.06. The lowest BCUT2D eigenvalue weighted by Crippen LogP contribution is -2.56. The van der Waals surface area contributed by atoms with E-state index in [9.17, 15) is 4.79 Å². The van der Waals surface area contributed by atoms with Crippen molar-refractivity contribution in [3.63, 3.8) is 0 Å². The number of rotatable bonds is 5. The zero-order valence-corrected chi connectivity index (χ0v) is 12.2. The number of carbonyl (C=O) groups excluding carboxylic acids is 1. The van der Waals surface area contributed by atoms with E-state index in [-0.39, 0.29) is 11.4 Å². The van der Waals surface area contributed by atoms with Gasteiger partial charge in [0, 0.05) is 12.1 Å². The van der Waals surface area contributed by atoms with Crippen LogP contribution in [0.3, 0.4) is 0 Å². The molecule has 0 aliphatic carbocycles. The molecule has 0 saturated carbocycles. The Kier molecular flexibility index (Phi) is 5.92. The van der Waals surface area contributed by atoms with Crippen molar-refractivity contribution in [3.8, 4) is 0 Å². The summed E-state index contributed by atoms with van der Waals surface area (Å²) in [5.41, 5.74) is 6.12. The fourth-order valence-corrected chi connectivity index (χ4v) is 2.11. The van der Waals surface area contributed by atoms with Crippen LogP contribution in [0.15, 0.2) is 30.3 Å². The minimum atomic E-state index is -0.249. The SMILES string of the molecule is CCC(CC)(CN)NC(=S)NC(=O)c1ccccc1. The molecular weight excluding hydrogens is 258 g/mol. The second kappa shape index (κ2) is 7.21. The summed E-state index contributed by atoms with van der Waals surface area (Å²) in [6.45, 7) is 4.57. The van der Waals surface area contributed by atoms with E-state index in [1.54, 1.807) is 12.1 Å². The molecule has 4 N–H and O–H groups in total. The van der Waals surface area contributed by atoms with Crippen molar-refractivity contribution in [3.05, 3.63) is 35.9 Å². The average Bonchev–Trinajstić information content (AvgIpc) is 2.46. The summed E-state index contributed by atoms with van der Waals surface area (Å²) in [7, 11) is 0. The van der Waals surface area contributed by atoms with Crippen molar-refractivity contribution in [2.24, 2.45) is 5.73 Å². The Labute approximate surface area is 119 Å². The first-order valence-corrected chi connectivity index (χ1v) is 6.86. The molecule has 0 aliphatic heterocycles. The molecule has 19 heavy (non-hydrogen) atoms. The van der Waals surface area contributed by atoms with Gasteiger partial charge in [-0.2, -0.15) is 0 Å². The number of amides is 1. The maximum Gasteiger partial charge on any atom is 0.257 e. The standard InChI is InChI=1S/C14H21N3OS/c1-3-14(4-2,10-15)17-13(19)16-12(18)11-8-6-5-7-9-11/h5-9H,3-4,10,15H2,1-2H3,(H2,16,17,18,19). The van der Waals surface area contributed by atoms with Crippen molar-refractivity contribution in [2.75, 3.05) is 6.54 Å². The van der Waals surface area contributed by atoms with Gasteiger partial charge in [-0.05, 0) is 37.2 Å². The summed E-state index contributed by atoms with van der Waals surface area (Å²) >= 11 is 5.18. The molecule has 0 aromatic heterocycles. The van der Waals surface area contributed by atoms with Crippen molar-refractivity contribution in [1.82, 2.24) is 10.6 Å². The lowest BCUT2D eigenvalue weighted by molar-refractivity contribution is 0.0976. The molecule has 0 spiro atoms. The third-order valence-electron chi connectivity index (χ3n) is 3.39. The fourth-order valence-electron chi connectivity index (χ4n) is 1.80. The number of hydrogen-bond acceptors (Lipinski definition) is 3. The number of nitrogens with two attached hydrogens (primary N) is 1. The summed E-state index contributed by atoms with van der Waals surface area (Å²) in [6, 6.07) is 8.98. The predicted octanol–water partition coefficient (Wildman–Crippen LogP) is 1.81. The summed E-state index contributed by atoms with van der Waals surface area (Å²) in [5, 5.41) is 6.16.